The van der Waals surface area contributed by atoms with Gasteiger partial charge in [0.05, 0.1) is 17.4 Å². The van der Waals surface area contributed by atoms with Gasteiger partial charge in [0.15, 0.2) is 9.84 Å². The van der Waals surface area contributed by atoms with Gasteiger partial charge in [-0.2, -0.15) is 0 Å². The number of nitrogens with zero attached hydrogens (tertiary/aromatic N) is 1. The average Bonchev–Trinajstić information content (AvgIpc) is 2.66. The zero-order valence-electron chi connectivity index (χ0n) is 11.8. The summed E-state index contributed by atoms with van der Waals surface area (Å²) >= 11 is 0. The number of amides is 1. The minimum atomic E-state index is -3.18. The lowest BCUT2D eigenvalue weighted by Gasteiger charge is -2.31. The van der Waals surface area contributed by atoms with Crippen molar-refractivity contribution in [3.8, 4) is 0 Å². The molecule has 0 spiro atoms. The molecule has 0 aliphatic carbocycles. The Morgan fingerprint density at radius 1 is 1.40 bits per heavy atom. The highest BCUT2D eigenvalue weighted by atomic mass is 32.2. The lowest BCUT2D eigenvalue weighted by Crippen LogP contribution is -2.49. The van der Waals surface area contributed by atoms with Gasteiger partial charge < -0.3 is 15.7 Å². The minimum Gasteiger partial charge on any atom is -0.480 e. The largest absolute Gasteiger partial charge is 0.480 e. The molecule has 0 bridgehead atoms. The summed E-state index contributed by atoms with van der Waals surface area (Å²) in [6, 6.07) is -0.559. The molecule has 1 rings (SSSR count). The van der Waals surface area contributed by atoms with Gasteiger partial charge in [-0.3, -0.25) is 9.59 Å². The second kappa shape index (κ2) is 6.53. The summed E-state index contributed by atoms with van der Waals surface area (Å²) < 4.78 is 23.0. The molecule has 8 heteroatoms. The molecule has 1 aliphatic heterocycles. The third-order valence-electron chi connectivity index (χ3n) is 3.61. The minimum absolute atomic E-state index is 0.00393. The van der Waals surface area contributed by atoms with Gasteiger partial charge in [0, 0.05) is 12.6 Å². The lowest BCUT2D eigenvalue weighted by molar-refractivity contribution is -0.148. The van der Waals surface area contributed by atoms with Crippen LogP contribution in [-0.2, 0) is 19.4 Å². The maximum absolute atomic E-state index is 12.4. The number of carboxylic acid groups (broad SMARTS) is 1. The molecule has 1 saturated heterocycles. The maximum Gasteiger partial charge on any atom is 0.323 e. The molecule has 0 aromatic rings. The van der Waals surface area contributed by atoms with Crippen LogP contribution in [0.1, 0.15) is 20.3 Å². The molecule has 0 saturated carbocycles. The molecule has 7 nitrogen and oxygen atoms in total. The van der Waals surface area contributed by atoms with Crippen LogP contribution in [0.3, 0.4) is 0 Å². The van der Waals surface area contributed by atoms with Crippen molar-refractivity contribution in [2.75, 3.05) is 24.6 Å². The first-order chi connectivity index (χ1) is 9.18. The summed E-state index contributed by atoms with van der Waals surface area (Å²) in [5.41, 5.74) is 5.58. The van der Waals surface area contributed by atoms with Crippen LogP contribution in [0.4, 0.5) is 0 Å². The Kier molecular flexibility index (Phi) is 5.52. The van der Waals surface area contributed by atoms with Gasteiger partial charge >= 0.3 is 5.97 Å². The molecule has 3 N–H and O–H groups in total. The van der Waals surface area contributed by atoms with Gasteiger partial charge in [0.2, 0.25) is 5.91 Å². The number of aliphatic carboxylic acids is 1. The fourth-order valence-electron chi connectivity index (χ4n) is 2.43. The standard InChI is InChI=1S/C12H22N2O5S/c1-8(2)10(5-13)12(17)14(6-11(15)16)9-3-4-20(18,19)7-9/h8-10H,3-7,13H2,1-2H3,(H,15,16). The quantitative estimate of drug-likeness (QED) is 0.671. The van der Waals surface area contributed by atoms with Gasteiger partial charge in [-0.25, -0.2) is 8.42 Å². The Balaban J connectivity index is 2.95. The van der Waals surface area contributed by atoms with Crippen LogP contribution in [0.15, 0.2) is 0 Å². The molecular formula is C12H22N2O5S. The molecule has 2 atom stereocenters. The van der Waals surface area contributed by atoms with Crippen molar-refractivity contribution in [2.45, 2.75) is 26.3 Å². The fraction of sp³-hybridized carbons (Fsp3) is 0.833. The van der Waals surface area contributed by atoms with Gasteiger partial charge in [-0.15, -0.1) is 0 Å². The van der Waals surface area contributed by atoms with E-state index in [4.69, 9.17) is 10.8 Å². The summed E-state index contributed by atoms with van der Waals surface area (Å²) in [5, 5.41) is 8.94. The van der Waals surface area contributed by atoms with Crippen LogP contribution in [0.5, 0.6) is 0 Å². The Labute approximate surface area is 119 Å². The van der Waals surface area contributed by atoms with Gasteiger partial charge in [-0.1, -0.05) is 13.8 Å². The van der Waals surface area contributed by atoms with Crippen molar-refractivity contribution in [1.29, 1.82) is 0 Å². The molecule has 0 aromatic carbocycles. The van der Waals surface area contributed by atoms with Crippen LogP contribution in [0.25, 0.3) is 0 Å². The van der Waals surface area contributed by atoms with E-state index in [9.17, 15) is 18.0 Å². The molecule has 1 aliphatic rings. The van der Waals surface area contributed by atoms with Crippen molar-refractivity contribution in [3.05, 3.63) is 0 Å². The summed E-state index contributed by atoms with van der Waals surface area (Å²) in [4.78, 5) is 24.5. The second-order valence-corrected chi connectivity index (χ2v) is 7.73. The van der Waals surface area contributed by atoms with Gasteiger partial charge in [0.25, 0.3) is 0 Å². The third kappa shape index (κ3) is 4.17. The Bertz CT molecular complexity index is 474. The number of carbonyl (C=O) groups excluding carboxylic acids is 1. The Morgan fingerprint density at radius 2 is 2.00 bits per heavy atom. The van der Waals surface area contributed by atoms with Crippen LogP contribution < -0.4 is 5.73 Å². The van der Waals surface area contributed by atoms with E-state index in [-0.39, 0.29) is 36.3 Å². The monoisotopic (exact) mass is 306 g/mol. The van der Waals surface area contributed by atoms with Gasteiger partial charge in [0.1, 0.15) is 6.54 Å². The lowest BCUT2D eigenvalue weighted by atomic mass is 9.93. The van der Waals surface area contributed by atoms with Crippen LogP contribution >= 0.6 is 0 Å². The zero-order valence-corrected chi connectivity index (χ0v) is 12.6. The van der Waals surface area contributed by atoms with Crippen LogP contribution in [0, 0.1) is 11.8 Å². The number of rotatable bonds is 6. The van der Waals surface area contributed by atoms with Crippen LogP contribution in [-0.4, -0.2) is 60.9 Å². The summed E-state index contributed by atoms with van der Waals surface area (Å²) in [5.74, 6) is -2.20. The molecule has 2 unspecified atom stereocenters. The normalized spacial score (nSPS) is 22.7. The second-order valence-electron chi connectivity index (χ2n) is 5.50. The molecule has 0 radical (unpaired) electrons. The first-order valence-electron chi connectivity index (χ1n) is 6.60. The molecule has 20 heavy (non-hydrogen) atoms. The molecule has 1 amide bonds. The third-order valence-corrected chi connectivity index (χ3v) is 5.36. The first kappa shape index (κ1) is 16.9. The molecule has 0 aromatic heterocycles. The highest BCUT2D eigenvalue weighted by molar-refractivity contribution is 7.91. The van der Waals surface area contributed by atoms with Crippen molar-refractivity contribution >= 4 is 21.7 Å². The first-order valence-corrected chi connectivity index (χ1v) is 8.43. The maximum atomic E-state index is 12.4. The molecule has 1 heterocycles. The number of carboxylic acids is 1. The van der Waals surface area contributed by atoms with Crippen molar-refractivity contribution < 1.29 is 23.1 Å². The highest BCUT2D eigenvalue weighted by Crippen LogP contribution is 2.22. The summed E-state index contributed by atoms with van der Waals surface area (Å²) in [6.45, 7) is 3.30. The Morgan fingerprint density at radius 3 is 2.35 bits per heavy atom. The summed E-state index contributed by atoms with van der Waals surface area (Å²) in [6.07, 6.45) is 0.288. The van der Waals surface area contributed by atoms with E-state index >= 15 is 0 Å². The van der Waals surface area contributed by atoms with E-state index in [1.54, 1.807) is 0 Å². The fourth-order valence-corrected chi connectivity index (χ4v) is 4.16. The van der Waals surface area contributed by atoms with Crippen molar-refractivity contribution in [3.63, 3.8) is 0 Å². The predicted octanol–water partition coefficient (Wildman–Crippen LogP) is -0.682. The van der Waals surface area contributed by atoms with Crippen molar-refractivity contribution in [2.24, 2.45) is 17.6 Å². The van der Waals surface area contributed by atoms with E-state index in [1.165, 1.54) is 4.90 Å². The average molecular weight is 306 g/mol. The highest BCUT2D eigenvalue weighted by Gasteiger charge is 2.38. The van der Waals surface area contributed by atoms with E-state index < -0.39 is 34.3 Å². The smallest absolute Gasteiger partial charge is 0.323 e. The van der Waals surface area contributed by atoms with E-state index in [0.29, 0.717) is 0 Å². The van der Waals surface area contributed by atoms with Crippen molar-refractivity contribution in [1.82, 2.24) is 4.90 Å². The molecule has 1 fully saturated rings. The predicted molar refractivity (Wildman–Crippen MR) is 73.8 cm³/mol. The number of hydrogen-bond donors (Lipinski definition) is 2. The van der Waals surface area contributed by atoms with E-state index in [1.807, 2.05) is 13.8 Å². The number of carbonyl (C=O) groups is 2. The Hall–Kier alpha value is -1.15. The SMILES string of the molecule is CC(C)C(CN)C(=O)N(CC(=O)O)C1CCS(=O)(=O)C1. The van der Waals surface area contributed by atoms with Crippen LogP contribution in [0.2, 0.25) is 0 Å². The molecular weight excluding hydrogens is 284 g/mol. The van der Waals surface area contributed by atoms with E-state index in [0.717, 1.165) is 0 Å². The number of sulfone groups is 1. The number of hydrogen-bond acceptors (Lipinski definition) is 5. The van der Waals surface area contributed by atoms with E-state index in [2.05, 4.69) is 0 Å². The topological polar surface area (TPSA) is 118 Å². The zero-order chi connectivity index (χ0) is 15.5. The van der Waals surface area contributed by atoms with Gasteiger partial charge in [-0.05, 0) is 12.3 Å². The summed E-state index contributed by atoms with van der Waals surface area (Å²) in [7, 11) is -3.18. The molecule has 116 valence electrons. The number of nitrogens with two attached hydrogens (primary N) is 1.